The van der Waals surface area contributed by atoms with Gasteiger partial charge in [-0.15, -0.1) is 36.2 Å². The van der Waals surface area contributed by atoms with Crippen molar-refractivity contribution in [2.45, 2.75) is 18.9 Å². The smallest absolute Gasteiger partial charge is 0.263 e. The predicted octanol–water partition coefficient (Wildman–Crippen LogP) is 3.80. The average Bonchev–Trinajstić information content (AvgIpc) is 2.85. The van der Waals surface area contributed by atoms with Crippen LogP contribution in [-0.4, -0.2) is 36.5 Å². The van der Waals surface area contributed by atoms with Crippen molar-refractivity contribution in [1.29, 1.82) is 0 Å². The summed E-state index contributed by atoms with van der Waals surface area (Å²) in [6, 6.07) is 5.82. The molecule has 1 aromatic heterocycles. The Morgan fingerprint density at radius 1 is 1.29 bits per heavy atom. The van der Waals surface area contributed by atoms with Crippen molar-refractivity contribution in [2.75, 3.05) is 25.4 Å². The van der Waals surface area contributed by atoms with Crippen LogP contribution in [0.3, 0.4) is 0 Å². The third kappa shape index (κ3) is 3.46. The Labute approximate surface area is 162 Å². The normalized spacial score (nSPS) is 25.0. The SMILES string of the molecule is Cl.Cl.Nc1ccc2c(Cl)c(C(=O)N[C@H]3CN4CCC3CC4)sc2c1. The van der Waals surface area contributed by atoms with E-state index in [4.69, 9.17) is 17.3 Å². The number of carbonyl (C=O) groups excluding carboxylic acids is 1. The van der Waals surface area contributed by atoms with E-state index in [9.17, 15) is 4.79 Å². The number of anilines is 1. The van der Waals surface area contributed by atoms with E-state index in [0.717, 1.165) is 16.6 Å². The average molecular weight is 409 g/mol. The van der Waals surface area contributed by atoms with E-state index in [2.05, 4.69) is 10.2 Å². The number of nitrogens with two attached hydrogens (primary N) is 1. The lowest BCUT2D eigenvalue weighted by Crippen LogP contribution is -2.57. The number of nitrogen functional groups attached to an aromatic ring is 1. The Kier molecular flexibility index (Phi) is 6.26. The maximum absolute atomic E-state index is 12.6. The van der Waals surface area contributed by atoms with E-state index < -0.39 is 0 Å². The van der Waals surface area contributed by atoms with Gasteiger partial charge in [0.05, 0.1) is 5.02 Å². The number of hydrogen-bond acceptors (Lipinski definition) is 4. The van der Waals surface area contributed by atoms with Crippen LogP contribution < -0.4 is 11.1 Å². The van der Waals surface area contributed by atoms with Gasteiger partial charge in [0, 0.05) is 28.4 Å². The molecule has 3 aliphatic heterocycles. The minimum Gasteiger partial charge on any atom is -0.399 e. The van der Waals surface area contributed by atoms with Crippen molar-refractivity contribution in [1.82, 2.24) is 10.2 Å². The number of nitrogens with one attached hydrogen (secondary N) is 1. The van der Waals surface area contributed by atoms with Gasteiger partial charge in [0.1, 0.15) is 4.88 Å². The monoisotopic (exact) mass is 407 g/mol. The molecule has 2 aromatic rings. The minimum atomic E-state index is -0.0523. The van der Waals surface area contributed by atoms with E-state index in [-0.39, 0.29) is 36.8 Å². The molecule has 24 heavy (non-hydrogen) atoms. The highest BCUT2D eigenvalue weighted by molar-refractivity contribution is 7.21. The summed E-state index contributed by atoms with van der Waals surface area (Å²) in [5.74, 6) is 0.557. The number of benzene rings is 1. The van der Waals surface area contributed by atoms with Crippen molar-refractivity contribution in [3.8, 4) is 0 Å². The fourth-order valence-electron chi connectivity index (χ4n) is 3.59. The van der Waals surface area contributed by atoms with Crippen LogP contribution in [0, 0.1) is 5.92 Å². The fourth-order valence-corrected chi connectivity index (χ4v) is 5.06. The Balaban J connectivity index is 0.00000104. The van der Waals surface area contributed by atoms with E-state index in [1.807, 2.05) is 18.2 Å². The summed E-state index contributed by atoms with van der Waals surface area (Å²) < 4.78 is 0.962. The van der Waals surface area contributed by atoms with Crippen molar-refractivity contribution < 1.29 is 4.79 Å². The van der Waals surface area contributed by atoms with Crippen LogP contribution in [0.15, 0.2) is 18.2 Å². The molecule has 132 valence electrons. The molecule has 4 heterocycles. The second-order valence-corrected chi connectivity index (χ2v) is 7.65. The summed E-state index contributed by atoms with van der Waals surface area (Å²) in [4.78, 5) is 15.7. The van der Waals surface area contributed by atoms with Gasteiger partial charge in [0.2, 0.25) is 0 Å². The first-order valence-corrected chi connectivity index (χ1v) is 8.82. The van der Waals surface area contributed by atoms with E-state index >= 15 is 0 Å². The van der Waals surface area contributed by atoms with E-state index in [1.54, 1.807) is 0 Å². The summed E-state index contributed by atoms with van der Waals surface area (Å²) in [5, 5.41) is 4.64. The van der Waals surface area contributed by atoms with Crippen molar-refractivity contribution in [3.63, 3.8) is 0 Å². The first-order chi connectivity index (χ1) is 10.6. The molecule has 3 N–H and O–H groups in total. The molecular weight excluding hydrogens is 389 g/mol. The molecule has 2 bridgehead atoms. The summed E-state index contributed by atoms with van der Waals surface area (Å²) >= 11 is 7.82. The number of nitrogens with zero attached hydrogens (tertiary/aromatic N) is 1. The molecule has 0 unspecified atom stereocenters. The standard InChI is InChI=1S/C16H18ClN3OS.2ClH/c17-14-11-2-1-10(18)7-13(11)22-15(14)16(21)19-12-8-20-5-3-9(12)4-6-20;;/h1-2,7,9,12H,3-6,8,18H2,(H,19,21);2*1H/t12-;;/m0../s1. The van der Waals surface area contributed by atoms with Crippen molar-refractivity contribution in [3.05, 3.63) is 28.1 Å². The maximum Gasteiger partial charge on any atom is 0.263 e. The van der Waals surface area contributed by atoms with Crippen molar-refractivity contribution >= 4 is 69.4 Å². The molecule has 0 radical (unpaired) electrons. The van der Waals surface area contributed by atoms with Gasteiger partial charge in [0.25, 0.3) is 5.91 Å². The molecule has 3 saturated heterocycles. The Morgan fingerprint density at radius 2 is 2.00 bits per heavy atom. The van der Waals surface area contributed by atoms with Gasteiger partial charge in [-0.3, -0.25) is 4.79 Å². The summed E-state index contributed by atoms with van der Waals surface area (Å²) in [5.41, 5.74) is 6.50. The largest absolute Gasteiger partial charge is 0.399 e. The molecule has 1 amide bonds. The first-order valence-electron chi connectivity index (χ1n) is 7.62. The number of halogens is 3. The molecule has 8 heteroatoms. The molecule has 4 nitrogen and oxygen atoms in total. The lowest BCUT2D eigenvalue weighted by Gasteiger charge is -2.44. The Morgan fingerprint density at radius 3 is 2.62 bits per heavy atom. The van der Waals surface area contributed by atoms with Crippen molar-refractivity contribution in [2.24, 2.45) is 5.92 Å². The van der Waals surface area contributed by atoms with Crippen LogP contribution in [-0.2, 0) is 0 Å². The molecule has 3 aliphatic rings. The van der Waals surface area contributed by atoms with Crippen LogP contribution in [0.5, 0.6) is 0 Å². The van der Waals surface area contributed by atoms with E-state index in [0.29, 0.717) is 21.5 Å². The highest BCUT2D eigenvalue weighted by Crippen LogP contribution is 2.36. The third-order valence-electron chi connectivity index (χ3n) is 4.83. The molecule has 1 atom stereocenters. The molecule has 5 rings (SSSR count). The highest BCUT2D eigenvalue weighted by Gasteiger charge is 2.35. The quantitative estimate of drug-likeness (QED) is 0.743. The number of fused-ring (bicyclic) bond motifs is 4. The zero-order valence-corrected chi connectivity index (χ0v) is 16.2. The lowest BCUT2D eigenvalue weighted by molar-refractivity contribution is 0.0623. The summed E-state index contributed by atoms with van der Waals surface area (Å²) in [7, 11) is 0. The number of thiophene rings is 1. The highest BCUT2D eigenvalue weighted by atomic mass is 35.5. The van der Waals surface area contributed by atoms with Gasteiger partial charge < -0.3 is 16.0 Å². The zero-order chi connectivity index (χ0) is 15.3. The number of amides is 1. The van der Waals surface area contributed by atoms with Gasteiger partial charge in [0.15, 0.2) is 0 Å². The van der Waals surface area contributed by atoms with Crippen LogP contribution >= 0.6 is 47.8 Å². The molecular formula is C16H20Cl3N3OS. The molecule has 0 saturated carbocycles. The van der Waals surface area contributed by atoms with Crippen LogP contribution in [0.1, 0.15) is 22.5 Å². The Hall–Kier alpha value is -0.720. The first kappa shape index (κ1) is 19.6. The predicted molar refractivity (Wildman–Crippen MR) is 106 cm³/mol. The van der Waals surface area contributed by atoms with Crippen LogP contribution in [0.25, 0.3) is 10.1 Å². The molecule has 0 spiro atoms. The van der Waals surface area contributed by atoms with Gasteiger partial charge in [-0.1, -0.05) is 11.6 Å². The van der Waals surface area contributed by atoms with Gasteiger partial charge in [-0.25, -0.2) is 0 Å². The number of hydrogen-bond donors (Lipinski definition) is 2. The molecule has 3 fully saturated rings. The second kappa shape index (κ2) is 7.67. The maximum atomic E-state index is 12.6. The van der Waals surface area contributed by atoms with E-state index in [1.165, 1.54) is 37.3 Å². The van der Waals surface area contributed by atoms with Crippen LogP contribution in [0.2, 0.25) is 5.02 Å². The summed E-state index contributed by atoms with van der Waals surface area (Å²) in [6.45, 7) is 3.30. The van der Waals surface area contributed by atoms with Crippen LogP contribution in [0.4, 0.5) is 5.69 Å². The number of rotatable bonds is 2. The zero-order valence-electron chi connectivity index (χ0n) is 13.0. The Bertz CT molecular complexity index is 743. The third-order valence-corrected chi connectivity index (χ3v) is 6.49. The number of piperidine rings is 3. The van der Waals surface area contributed by atoms with Gasteiger partial charge in [-0.2, -0.15) is 0 Å². The molecule has 0 aliphatic carbocycles. The lowest BCUT2D eigenvalue weighted by atomic mass is 9.84. The summed E-state index contributed by atoms with van der Waals surface area (Å²) in [6.07, 6.45) is 2.36. The van der Waals surface area contributed by atoms with Gasteiger partial charge in [-0.05, 0) is 50.0 Å². The molecule has 1 aromatic carbocycles. The second-order valence-electron chi connectivity index (χ2n) is 6.22. The topological polar surface area (TPSA) is 58.4 Å². The minimum absolute atomic E-state index is 0. The fraction of sp³-hybridized carbons (Fsp3) is 0.438. The number of carbonyl (C=O) groups is 1. The van der Waals surface area contributed by atoms with Gasteiger partial charge >= 0.3 is 0 Å².